The molecule has 1 N–H and O–H groups in total. The Morgan fingerprint density at radius 3 is 2.89 bits per heavy atom. The Labute approximate surface area is 110 Å². The highest BCUT2D eigenvalue weighted by atomic mass is 35.5. The molecule has 1 saturated carbocycles. The van der Waals surface area contributed by atoms with E-state index in [1.54, 1.807) is 24.4 Å². The molecule has 94 valence electrons. The van der Waals surface area contributed by atoms with Crippen LogP contribution in [0.15, 0.2) is 24.4 Å². The summed E-state index contributed by atoms with van der Waals surface area (Å²) in [5, 5.41) is 15.0. The Bertz CT molecular complexity index is 577. The third kappa shape index (κ3) is 2.02. The molecule has 2 aromatic rings. The van der Waals surface area contributed by atoms with Gasteiger partial charge in [0.1, 0.15) is 11.3 Å². The standard InChI is InChI=1S/C13H14ClN3O/c1-17-12(8-5-6-8)9(7-15-17)13(18)10-3-2-4-11(14)16-10/h2-4,7-8,13,18H,5-6H2,1H3. The fourth-order valence-corrected chi connectivity index (χ4v) is 2.44. The van der Waals surface area contributed by atoms with Gasteiger partial charge in [-0.2, -0.15) is 5.10 Å². The van der Waals surface area contributed by atoms with Crippen LogP contribution in [0.4, 0.5) is 0 Å². The number of pyridine rings is 1. The van der Waals surface area contributed by atoms with Crippen LogP contribution in [-0.4, -0.2) is 19.9 Å². The first-order valence-electron chi connectivity index (χ1n) is 5.99. The molecular weight excluding hydrogens is 250 g/mol. The van der Waals surface area contributed by atoms with Crippen molar-refractivity contribution in [1.82, 2.24) is 14.8 Å². The van der Waals surface area contributed by atoms with Crippen LogP contribution in [0, 0.1) is 0 Å². The normalized spacial score (nSPS) is 16.8. The minimum Gasteiger partial charge on any atom is -0.382 e. The summed E-state index contributed by atoms with van der Waals surface area (Å²) >= 11 is 5.85. The highest BCUT2D eigenvalue weighted by Gasteiger charge is 2.32. The number of nitrogens with zero attached hydrogens (tertiary/aromatic N) is 3. The second-order valence-corrected chi connectivity index (χ2v) is 5.06. The second-order valence-electron chi connectivity index (χ2n) is 4.67. The van der Waals surface area contributed by atoms with Gasteiger partial charge in [0.15, 0.2) is 0 Å². The summed E-state index contributed by atoms with van der Waals surface area (Å²) < 4.78 is 1.85. The Morgan fingerprint density at radius 1 is 1.44 bits per heavy atom. The average molecular weight is 264 g/mol. The van der Waals surface area contributed by atoms with E-state index in [1.165, 1.54) is 12.8 Å². The van der Waals surface area contributed by atoms with Crippen molar-refractivity contribution in [2.24, 2.45) is 7.05 Å². The van der Waals surface area contributed by atoms with Crippen LogP contribution in [0.5, 0.6) is 0 Å². The van der Waals surface area contributed by atoms with Crippen molar-refractivity contribution in [3.63, 3.8) is 0 Å². The molecule has 0 aliphatic heterocycles. The average Bonchev–Trinajstić information content (AvgIpc) is 3.12. The molecule has 0 amide bonds. The van der Waals surface area contributed by atoms with Gasteiger partial charge in [-0.3, -0.25) is 4.68 Å². The summed E-state index contributed by atoms with van der Waals surface area (Å²) in [5.74, 6) is 0.529. The minimum atomic E-state index is -0.756. The Hall–Kier alpha value is -1.39. The predicted octanol–water partition coefficient (Wildman–Crippen LogP) is 2.43. The first-order chi connectivity index (χ1) is 8.66. The predicted molar refractivity (Wildman–Crippen MR) is 68.5 cm³/mol. The van der Waals surface area contributed by atoms with Gasteiger partial charge in [0.05, 0.1) is 11.9 Å². The van der Waals surface area contributed by atoms with Crippen LogP contribution in [0.2, 0.25) is 5.15 Å². The first-order valence-corrected chi connectivity index (χ1v) is 6.37. The molecule has 0 aromatic carbocycles. The van der Waals surface area contributed by atoms with Crippen molar-refractivity contribution in [2.75, 3.05) is 0 Å². The van der Waals surface area contributed by atoms with Gasteiger partial charge in [-0.1, -0.05) is 17.7 Å². The summed E-state index contributed by atoms with van der Waals surface area (Å²) in [4.78, 5) is 4.16. The molecule has 0 saturated heterocycles. The lowest BCUT2D eigenvalue weighted by atomic mass is 10.0. The molecule has 5 heteroatoms. The van der Waals surface area contributed by atoms with Gasteiger partial charge in [0.2, 0.25) is 0 Å². The van der Waals surface area contributed by atoms with Crippen LogP contribution >= 0.6 is 11.6 Å². The quantitative estimate of drug-likeness (QED) is 0.866. The topological polar surface area (TPSA) is 50.9 Å². The van der Waals surface area contributed by atoms with E-state index in [1.807, 2.05) is 11.7 Å². The van der Waals surface area contributed by atoms with Crippen molar-refractivity contribution in [3.8, 4) is 0 Å². The molecule has 1 aliphatic carbocycles. The third-order valence-electron chi connectivity index (χ3n) is 3.29. The van der Waals surface area contributed by atoms with E-state index in [2.05, 4.69) is 10.1 Å². The number of aliphatic hydroxyl groups excluding tert-OH is 1. The Kier molecular flexibility index (Phi) is 2.84. The SMILES string of the molecule is Cn1ncc(C(O)c2cccc(Cl)n2)c1C1CC1. The summed E-state index contributed by atoms with van der Waals surface area (Å²) in [6.07, 6.45) is 3.30. The molecule has 0 bridgehead atoms. The fourth-order valence-electron chi connectivity index (χ4n) is 2.27. The zero-order valence-corrected chi connectivity index (χ0v) is 10.8. The van der Waals surface area contributed by atoms with Gasteiger partial charge < -0.3 is 5.11 Å². The van der Waals surface area contributed by atoms with Crippen molar-refractivity contribution < 1.29 is 5.11 Å². The van der Waals surface area contributed by atoms with Gasteiger partial charge in [-0.15, -0.1) is 0 Å². The van der Waals surface area contributed by atoms with Gasteiger partial charge in [-0.25, -0.2) is 4.98 Å². The van der Waals surface area contributed by atoms with Crippen LogP contribution in [0.1, 0.15) is 41.8 Å². The zero-order valence-electron chi connectivity index (χ0n) is 10.0. The number of hydrogen-bond donors (Lipinski definition) is 1. The highest BCUT2D eigenvalue weighted by molar-refractivity contribution is 6.29. The molecule has 2 heterocycles. The second kappa shape index (κ2) is 4.37. The molecule has 1 fully saturated rings. The molecule has 0 spiro atoms. The number of aromatic nitrogens is 3. The largest absolute Gasteiger partial charge is 0.382 e. The lowest BCUT2D eigenvalue weighted by Crippen LogP contribution is -2.06. The fraction of sp³-hybridized carbons (Fsp3) is 0.385. The smallest absolute Gasteiger partial charge is 0.129 e. The number of aliphatic hydroxyl groups is 1. The maximum Gasteiger partial charge on any atom is 0.129 e. The van der Waals surface area contributed by atoms with Crippen molar-refractivity contribution in [3.05, 3.63) is 46.5 Å². The Morgan fingerprint density at radius 2 is 2.22 bits per heavy atom. The maximum absolute atomic E-state index is 10.4. The molecule has 18 heavy (non-hydrogen) atoms. The summed E-state index contributed by atoms with van der Waals surface area (Å²) in [6.45, 7) is 0. The molecule has 0 radical (unpaired) electrons. The molecular formula is C13H14ClN3O. The van der Waals surface area contributed by atoms with E-state index in [-0.39, 0.29) is 0 Å². The minimum absolute atomic E-state index is 0.392. The number of rotatable bonds is 3. The van der Waals surface area contributed by atoms with E-state index < -0.39 is 6.10 Å². The van der Waals surface area contributed by atoms with E-state index in [4.69, 9.17) is 11.6 Å². The molecule has 1 unspecified atom stereocenters. The van der Waals surface area contributed by atoms with Crippen LogP contribution in [0.3, 0.4) is 0 Å². The van der Waals surface area contributed by atoms with Gasteiger partial charge in [-0.05, 0) is 25.0 Å². The van der Waals surface area contributed by atoms with E-state index in [0.29, 0.717) is 16.8 Å². The monoisotopic (exact) mass is 263 g/mol. The van der Waals surface area contributed by atoms with Gasteiger partial charge >= 0.3 is 0 Å². The van der Waals surface area contributed by atoms with Crippen molar-refractivity contribution >= 4 is 11.6 Å². The van der Waals surface area contributed by atoms with Gasteiger partial charge in [0.25, 0.3) is 0 Å². The Balaban J connectivity index is 1.99. The lowest BCUT2D eigenvalue weighted by molar-refractivity contribution is 0.214. The van der Waals surface area contributed by atoms with E-state index >= 15 is 0 Å². The first kappa shape index (κ1) is 11.7. The van der Waals surface area contributed by atoms with E-state index in [0.717, 1.165) is 11.3 Å². The lowest BCUT2D eigenvalue weighted by Gasteiger charge is -2.11. The summed E-state index contributed by atoms with van der Waals surface area (Å²) in [7, 11) is 1.91. The third-order valence-corrected chi connectivity index (χ3v) is 3.50. The van der Waals surface area contributed by atoms with Crippen molar-refractivity contribution in [2.45, 2.75) is 24.9 Å². The zero-order chi connectivity index (χ0) is 12.7. The van der Waals surface area contributed by atoms with Gasteiger partial charge in [0, 0.05) is 24.2 Å². The number of halogens is 1. The van der Waals surface area contributed by atoms with Crippen LogP contribution in [0.25, 0.3) is 0 Å². The summed E-state index contributed by atoms with van der Waals surface area (Å²) in [6, 6.07) is 5.27. The maximum atomic E-state index is 10.4. The number of aryl methyl sites for hydroxylation is 1. The van der Waals surface area contributed by atoms with Crippen LogP contribution < -0.4 is 0 Å². The molecule has 2 aromatic heterocycles. The highest BCUT2D eigenvalue weighted by Crippen LogP contribution is 2.43. The molecule has 1 aliphatic rings. The van der Waals surface area contributed by atoms with E-state index in [9.17, 15) is 5.11 Å². The molecule has 4 nitrogen and oxygen atoms in total. The van der Waals surface area contributed by atoms with Crippen LogP contribution in [-0.2, 0) is 7.05 Å². The van der Waals surface area contributed by atoms with Crippen molar-refractivity contribution in [1.29, 1.82) is 0 Å². The molecule has 3 rings (SSSR count). The molecule has 1 atom stereocenters. The summed E-state index contributed by atoms with van der Waals surface area (Å²) in [5.41, 5.74) is 2.52. The number of hydrogen-bond acceptors (Lipinski definition) is 3.